The van der Waals surface area contributed by atoms with E-state index in [1.165, 1.54) is 11.0 Å². The van der Waals surface area contributed by atoms with Gasteiger partial charge in [-0.2, -0.15) is 0 Å². The zero-order valence-electron chi connectivity index (χ0n) is 14.2. The first kappa shape index (κ1) is 17.6. The van der Waals surface area contributed by atoms with Gasteiger partial charge in [0.1, 0.15) is 6.33 Å². The van der Waals surface area contributed by atoms with Crippen molar-refractivity contribution in [3.8, 4) is 0 Å². The molecule has 1 unspecified atom stereocenters. The molecule has 25 heavy (non-hydrogen) atoms. The second-order valence-electron chi connectivity index (χ2n) is 6.09. The molecular weight excluding hydrogens is 338 g/mol. The van der Waals surface area contributed by atoms with Gasteiger partial charge in [0.15, 0.2) is 5.78 Å². The molecule has 1 aliphatic rings. The molecule has 132 valence electrons. The number of thioether (sulfide) groups is 1. The van der Waals surface area contributed by atoms with Gasteiger partial charge in [0.05, 0.1) is 6.54 Å². The van der Waals surface area contributed by atoms with Gasteiger partial charge >= 0.3 is 0 Å². The van der Waals surface area contributed by atoms with Gasteiger partial charge in [0.2, 0.25) is 5.91 Å². The Morgan fingerprint density at radius 2 is 2.08 bits per heavy atom. The van der Waals surface area contributed by atoms with E-state index in [1.807, 2.05) is 30.5 Å². The number of Topliss-reactive ketones (excluding diaryl/α,β-unsaturated/α-hetero) is 1. The Hall–Kier alpha value is -2.22. The number of hydrogen-bond donors (Lipinski definition) is 0. The van der Waals surface area contributed by atoms with E-state index in [9.17, 15) is 9.59 Å². The third kappa shape index (κ3) is 4.45. The minimum atomic E-state index is -0.120. The maximum atomic E-state index is 12.7. The molecule has 0 radical (unpaired) electrons. The molecule has 0 bridgehead atoms. The van der Waals surface area contributed by atoms with Crippen molar-refractivity contribution in [1.82, 2.24) is 25.1 Å². The molecule has 1 amide bonds. The van der Waals surface area contributed by atoms with Crippen LogP contribution in [-0.2, 0) is 11.3 Å². The highest BCUT2D eigenvalue weighted by Gasteiger charge is 2.28. The van der Waals surface area contributed by atoms with Crippen molar-refractivity contribution in [3.63, 3.8) is 0 Å². The maximum Gasteiger partial charge on any atom is 0.224 e. The molecule has 2 heterocycles. The minimum absolute atomic E-state index is 0.0470. The van der Waals surface area contributed by atoms with Crippen molar-refractivity contribution >= 4 is 23.5 Å². The number of carbonyl (C=O) groups excluding carboxylic acids is 2. The molecule has 1 aliphatic heterocycles. The largest absolute Gasteiger partial charge is 0.342 e. The van der Waals surface area contributed by atoms with E-state index < -0.39 is 0 Å². The Kier molecular flexibility index (Phi) is 5.80. The lowest BCUT2D eigenvalue weighted by molar-refractivity contribution is -0.132. The van der Waals surface area contributed by atoms with Gasteiger partial charge < -0.3 is 4.90 Å². The summed E-state index contributed by atoms with van der Waals surface area (Å²) in [5.41, 5.74) is 0.728. The molecule has 0 N–H and O–H groups in total. The smallest absolute Gasteiger partial charge is 0.224 e. The van der Waals surface area contributed by atoms with Crippen LogP contribution in [0.15, 0.2) is 35.5 Å². The van der Waals surface area contributed by atoms with E-state index in [0.29, 0.717) is 26.1 Å². The SMILES string of the molecule is CSc1ccc(C(=O)C2CCCN(C(=O)CCn3cnnn3)C2)cc1. The van der Waals surface area contributed by atoms with E-state index in [4.69, 9.17) is 0 Å². The van der Waals surface area contributed by atoms with Crippen LogP contribution in [0.5, 0.6) is 0 Å². The van der Waals surface area contributed by atoms with E-state index in [2.05, 4.69) is 15.5 Å². The molecule has 1 saturated heterocycles. The monoisotopic (exact) mass is 359 g/mol. The number of aryl methyl sites for hydroxylation is 1. The lowest BCUT2D eigenvalue weighted by Gasteiger charge is -2.32. The summed E-state index contributed by atoms with van der Waals surface area (Å²) in [5.74, 6) is 0.0576. The summed E-state index contributed by atoms with van der Waals surface area (Å²) in [7, 11) is 0. The molecular formula is C17H21N5O2S. The quantitative estimate of drug-likeness (QED) is 0.579. The molecule has 1 aromatic carbocycles. The van der Waals surface area contributed by atoms with Gasteiger partial charge in [0.25, 0.3) is 0 Å². The third-order valence-corrected chi connectivity index (χ3v) is 5.21. The zero-order chi connectivity index (χ0) is 17.6. The van der Waals surface area contributed by atoms with E-state index in [-0.39, 0.29) is 17.6 Å². The Bertz CT molecular complexity index is 717. The van der Waals surface area contributed by atoms with E-state index >= 15 is 0 Å². The lowest BCUT2D eigenvalue weighted by atomic mass is 9.90. The molecule has 8 heteroatoms. The van der Waals surface area contributed by atoms with Crippen LogP contribution in [0, 0.1) is 5.92 Å². The number of tetrazole rings is 1. The predicted octanol–water partition coefficient (Wildman–Crippen LogP) is 1.91. The first-order valence-corrected chi connectivity index (χ1v) is 9.56. The van der Waals surface area contributed by atoms with Crippen LogP contribution in [0.4, 0.5) is 0 Å². The molecule has 1 fully saturated rings. The number of aromatic nitrogens is 4. The maximum absolute atomic E-state index is 12.7. The molecule has 3 rings (SSSR count). The van der Waals surface area contributed by atoms with Crippen LogP contribution < -0.4 is 0 Å². The highest BCUT2D eigenvalue weighted by molar-refractivity contribution is 7.98. The van der Waals surface area contributed by atoms with Gasteiger partial charge in [-0.25, -0.2) is 4.68 Å². The van der Waals surface area contributed by atoms with Crippen molar-refractivity contribution < 1.29 is 9.59 Å². The van der Waals surface area contributed by atoms with E-state index in [1.54, 1.807) is 16.7 Å². The fourth-order valence-electron chi connectivity index (χ4n) is 3.06. The summed E-state index contributed by atoms with van der Waals surface area (Å²) in [5, 5.41) is 10.9. The van der Waals surface area contributed by atoms with Crippen LogP contribution >= 0.6 is 11.8 Å². The highest BCUT2D eigenvalue weighted by Crippen LogP contribution is 2.23. The van der Waals surface area contributed by atoms with Gasteiger partial charge in [-0.05, 0) is 41.7 Å². The van der Waals surface area contributed by atoms with Gasteiger partial charge in [-0.3, -0.25) is 9.59 Å². The minimum Gasteiger partial charge on any atom is -0.342 e. The molecule has 7 nitrogen and oxygen atoms in total. The number of hydrogen-bond acceptors (Lipinski definition) is 6. The Labute approximate surface area is 150 Å². The molecule has 0 spiro atoms. The van der Waals surface area contributed by atoms with Crippen LogP contribution in [0.1, 0.15) is 29.6 Å². The Morgan fingerprint density at radius 3 is 2.76 bits per heavy atom. The number of ketones is 1. The first-order chi connectivity index (χ1) is 12.2. The van der Waals surface area contributed by atoms with Crippen LogP contribution in [0.3, 0.4) is 0 Å². The molecule has 1 aromatic heterocycles. The predicted molar refractivity (Wildman–Crippen MR) is 94.3 cm³/mol. The number of rotatable bonds is 6. The van der Waals surface area contributed by atoms with Crippen LogP contribution in [0.25, 0.3) is 0 Å². The number of amides is 1. The summed E-state index contributed by atoms with van der Waals surface area (Å²) in [6, 6.07) is 7.70. The number of nitrogens with zero attached hydrogens (tertiary/aromatic N) is 5. The summed E-state index contributed by atoms with van der Waals surface area (Å²) >= 11 is 1.65. The van der Waals surface area contributed by atoms with Crippen LogP contribution in [0.2, 0.25) is 0 Å². The first-order valence-electron chi connectivity index (χ1n) is 8.34. The van der Waals surface area contributed by atoms with Crippen molar-refractivity contribution in [1.29, 1.82) is 0 Å². The van der Waals surface area contributed by atoms with Crippen molar-refractivity contribution in [2.24, 2.45) is 5.92 Å². The second kappa shape index (κ2) is 8.24. The fraction of sp³-hybridized carbons (Fsp3) is 0.471. The van der Waals surface area contributed by atoms with Gasteiger partial charge in [0, 0.05) is 35.9 Å². The lowest BCUT2D eigenvalue weighted by Crippen LogP contribution is -2.42. The second-order valence-corrected chi connectivity index (χ2v) is 6.97. The molecule has 2 aromatic rings. The number of benzene rings is 1. The normalized spacial score (nSPS) is 17.5. The standard InChI is InChI=1S/C17H21N5O2S/c1-25-15-6-4-13(5-7-15)17(24)14-3-2-9-21(11-14)16(23)8-10-22-12-18-19-20-22/h4-7,12,14H,2-3,8-11H2,1H3. The molecule has 0 aliphatic carbocycles. The van der Waals surface area contributed by atoms with Gasteiger partial charge in [-0.1, -0.05) is 12.1 Å². The summed E-state index contributed by atoms with van der Waals surface area (Å²) < 4.78 is 1.54. The summed E-state index contributed by atoms with van der Waals surface area (Å²) in [4.78, 5) is 28.1. The van der Waals surface area contributed by atoms with Crippen molar-refractivity contribution in [2.75, 3.05) is 19.3 Å². The molecule has 1 atom stereocenters. The average molecular weight is 359 g/mol. The van der Waals surface area contributed by atoms with Crippen molar-refractivity contribution in [2.45, 2.75) is 30.7 Å². The molecule has 0 saturated carbocycles. The zero-order valence-corrected chi connectivity index (χ0v) is 15.0. The van der Waals surface area contributed by atoms with Crippen molar-refractivity contribution in [3.05, 3.63) is 36.2 Å². The summed E-state index contributed by atoms with van der Waals surface area (Å²) in [6.45, 7) is 1.66. The Balaban J connectivity index is 1.57. The average Bonchev–Trinajstić information content (AvgIpc) is 3.19. The van der Waals surface area contributed by atoms with Crippen LogP contribution in [-0.4, -0.2) is 56.1 Å². The number of piperidine rings is 1. The number of likely N-dealkylation sites (tertiary alicyclic amines) is 1. The van der Waals surface area contributed by atoms with E-state index in [0.717, 1.165) is 23.3 Å². The summed E-state index contributed by atoms with van der Waals surface area (Å²) in [6.07, 6.45) is 5.54. The highest BCUT2D eigenvalue weighted by atomic mass is 32.2. The number of carbonyl (C=O) groups is 2. The fourth-order valence-corrected chi connectivity index (χ4v) is 3.47. The van der Waals surface area contributed by atoms with Gasteiger partial charge in [-0.15, -0.1) is 16.9 Å². The topological polar surface area (TPSA) is 81.0 Å². The third-order valence-electron chi connectivity index (χ3n) is 4.47. The Morgan fingerprint density at radius 1 is 1.28 bits per heavy atom.